The molecule has 0 rings (SSSR count). The third kappa shape index (κ3) is 4.98. The van der Waals surface area contributed by atoms with Crippen molar-refractivity contribution in [3.05, 3.63) is 0 Å². The minimum atomic E-state index is -3.52. The number of thioether (sulfide) groups is 2. The standard InChI is InChI=1S/C10H21O6PS2Si/c1-14-20(15-2,16-3)8-6-7-17(13,9(11)18-4)10(12)19-5/h6-8H2,1-5H3. The van der Waals surface area contributed by atoms with Crippen LogP contribution < -0.4 is 0 Å². The zero-order valence-corrected chi connectivity index (χ0v) is 15.9. The van der Waals surface area contributed by atoms with E-state index in [4.69, 9.17) is 13.3 Å². The molecule has 20 heavy (non-hydrogen) atoms. The third-order valence-electron chi connectivity index (χ3n) is 2.83. The van der Waals surface area contributed by atoms with Crippen molar-refractivity contribution in [2.24, 2.45) is 0 Å². The monoisotopic (exact) mass is 360 g/mol. The van der Waals surface area contributed by atoms with Gasteiger partial charge in [0.05, 0.1) is 0 Å². The average Bonchev–Trinajstić information content (AvgIpc) is 2.49. The van der Waals surface area contributed by atoms with Crippen LogP contribution in [-0.4, -0.2) is 58.5 Å². The molecule has 0 aliphatic carbocycles. The molecule has 10 heteroatoms. The van der Waals surface area contributed by atoms with Gasteiger partial charge in [-0.15, -0.1) is 0 Å². The first-order valence-electron chi connectivity index (χ1n) is 5.77. The van der Waals surface area contributed by atoms with Crippen LogP contribution in [0.15, 0.2) is 0 Å². The molecular weight excluding hydrogens is 339 g/mol. The van der Waals surface area contributed by atoms with E-state index in [0.29, 0.717) is 12.5 Å². The molecular formula is C10H21O6PS2Si. The molecule has 0 aromatic heterocycles. The second-order valence-corrected chi connectivity index (χ2v) is 11.8. The molecule has 0 saturated carbocycles. The molecule has 0 aromatic carbocycles. The Labute approximate surface area is 129 Å². The summed E-state index contributed by atoms with van der Waals surface area (Å²) in [4.78, 5) is 22.5. The van der Waals surface area contributed by atoms with Gasteiger partial charge in [-0.2, -0.15) is 0 Å². The van der Waals surface area contributed by atoms with E-state index in [2.05, 4.69) is 0 Å². The summed E-state index contributed by atoms with van der Waals surface area (Å²) in [6.45, 7) is 0. The Morgan fingerprint density at radius 3 is 1.70 bits per heavy atom. The maximum absolute atomic E-state index is 12.6. The molecule has 0 saturated heterocycles. The fourth-order valence-corrected chi connectivity index (χ4v) is 8.34. The largest absolute Gasteiger partial charge is 0.500 e. The zero-order chi connectivity index (χ0) is 15.8. The van der Waals surface area contributed by atoms with E-state index in [1.54, 1.807) is 0 Å². The molecule has 0 aliphatic rings. The second kappa shape index (κ2) is 9.40. The van der Waals surface area contributed by atoms with Crippen molar-refractivity contribution < 1.29 is 27.4 Å². The first-order valence-corrected chi connectivity index (χ1v) is 12.0. The van der Waals surface area contributed by atoms with E-state index >= 15 is 0 Å². The Balaban J connectivity index is 4.85. The normalized spacial score (nSPS) is 12.4. The maximum atomic E-state index is 12.6. The van der Waals surface area contributed by atoms with Crippen LogP contribution in [0, 0.1) is 0 Å². The van der Waals surface area contributed by atoms with Crippen molar-refractivity contribution in [1.29, 1.82) is 0 Å². The summed E-state index contributed by atoms with van der Waals surface area (Å²) in [5.41, 5.74) is 0. The molecule has 0 spiro atoms. The Morgan fingerprint density at radius 2 is 1.40 bits per heavy atom. The maximum Gasteiger partial charge on any atom is 0.500 e. The predicted molar refractivity (Wildman–Crippen MR) is 86.5 cm³/mol. The van der Waals surface area contributed by atoms with Gasteiger partial charge in [-0.3, -0.25) is 9.59 Å². The summed E-state index contributed by atoms with van der Waals surface area (Å²) in [5.74, 6) is 0. The first-order chi connectivity index (χ1) is 9.35. The first kappa shape index (κ1) is 20.4. The fourth-order valence-electron chi connectivity index (χ4n) is 1.63. The van der Waals surface area contributed by atoms with Gasteiger partial charge in [0.2, 0.25) is 7.14 Å². The highest BCUT2D eigenvalue weighted by Gasteiger charge is 2.42. The van der Waals surface area contributed by atoms with Gasteiger partial charge in [-0.05, 0) is 18.9 Å². The van der Waals surface area contributed by atoms with Crippen molar-refractivity contribution in [2.75, 3.05) is 40.0 Å². The summed E-state index contributed by atoms with van der Waals surface area (Å²) in [6.07, 6.45) is 3.46. The SMILES string of the molecule is CO[Si](CCCP(=O)(C(=O)SC)C(=O)SC)(OC)OC. The number of carbonyl (C=O) groups is 2. The van der Waals surface area contributed by atoms with Gasteiger partial charge in [0.25, 0.3) is 9.71 Å². The van der Waals surface area contributed by atoms with Crippen LogP contribution in [0.5, 0.6) is 0 Å². The minimum absolute atomic E-state index is 0.0250. The topological polar surface area (TPSA) is 78.9 Å². The van der Waals surface area contributed by atoms with Crippen LogP contribution in [0.4, 0.5) is 9.59 Å². The Hall–Kier alpha value is 0.367. The van der Waals surface area contributed by atoms with Crippen LogP contribution >= 0.6 is 30.7 Å². The smallest absolute Gasteiger partial charge is 0.377 e. The van der Waals surface area contributed by atoms with Crippen molar-refractivity contribution in [3.63, 3.8) is 0 Å². The van der Waals surface area contributed by atoms with Crippen LogP contribution in [0.2, 0.25) is 6.04 Å². The van der Waals surface area contributed by atoms with Crippen molar-refractivity contribution >= 4 is 49.2 Å². The van der Waals surface area contributed by atoms with Gasteiger partial charge >= 0.3 is 8.80 Å². The van der Waals surface area contributed by atoms with Gasteiger partial charge in [0.1, 0.15) is 0 Å². The number of hydrogen-bond acceptors (Lipinski definition) is 8. The second-order valence-electron chi connectivity index (χ2n) is 3.80. The quantitative estimate of drug-likeness (QED) is 0.456. The lowest BCUT2D eigenvalue weighted by molar-refractivity contribution is 0.123. The van der Waals surface area contributed by atoms with Gasteiger partial charge in [-0.25, -0.2) is 0 Å². The highest BCUT2D eigenvalue weighted by atomic mass is 32.2. The van der Waals surface area contributed by atoms with E-state index in [1.165, 1.54) is 33.8 Å². The fraction of sp³-hybridized carbons (Fsp3) is 0.800. The molecule has 0 aromatic rings. The molecule has 0 bridgehead atoms. The number of carbonyl (C=O) groups excluding carboxylic acids is 2. The lowest BCUT2D eigenvalue weighted by Gasteiger charge is -2.24. The molecule has 0 heterocycles. The minimum Gasteiger partial charge on any atom is -0.377 e. The summed E-state index contributed by atoms with van der Waals surface area (Å²) in [7, 11) is -1.82. The Bertz CT molecular complexity index is 360. The lowest BCUT2D eigenvalue weighted by Crippen LogP contribution is -2.42. The Morgan fingerprint density at radius 1 is 1.00 bits per heavy atom. The molecule has 0 aliphatic heterocycles. The average molecular weight is 360 g/mol. The summed E-state index contributed by atoms with van der Waals surface area (Å²) < 4.78 is 28.3. The van der Waals surface area contributed by atoms with Gasteiger partial charge in [0, 0.05) is 33.5 Å². The van der Waals surface area contributed by atoms with Crippen LogP contribution in [0.25, 0.3) is 0 Å². The Kier molecular flexibility index (Phi) is 9.57. The molecule has 0 amide bonds. The summed E-state index contributed by atoms with van der Waals surface area (Å²) in [5, 5.41) is 0. The van der Waals surface area contributed by atoms with E-state index in [1.807, 2.05) is 0 Å². The summed E-state index contributed by atoms with van der Waals surface area (Å²) in [6, 6.07) is 0.407. The molecule has 0 radical (unpaired) electrons. The number of hydrogen-bond donors (Lipinski definition) is 0. The predicted octanol–water partition coefficient (Wildman–Crippen LogP) is 3.58. The van der Waals surface area contributed by atoms with E-state index < -0.39 is 25.7 Å². The third-order valence-corrected chi connectivity index (χ3v) is 11.3. The van der Waals surface area contributed by atoms with Crippen molar-refractivity contribution in [1.82, 2.24) is 0 Å². The van der Waals surface area contributed by atoms with Crippen molar-refractivity contribution in [2.45, 2.75) is 12.5 Å². The van der Waals surface area contributed by atoms with Crippen LogP contribution in [0.1, 0.15) is 6.42 Å². The van der Waals surface area contributed by atoms with E-state index in [9.17, 15) is 14.2 Å². The molecule has 0 unspecified atom stereocenters. The van der Waals surface area contributed by atoms with Crippen LogP contribution in [0.3, 0.4) is 0 Å². The highest BCUT2D eigenvalue weighted by molar-refractivity contribution is 8.38. The number of rotatable bonds is 9. The molecule has 6 nitrogen and oxygen atoms in total. The van der Waals surface area contributed by atoms with Gasteiger partial charge in [0.15, 0.2) is 0 Å². The van der Waals surface area contributed by atoms with E-state index in [-0.39, 0.29) is 6.16 Å². The molecule has 118 valence electrons. The molecule has 0 fully saturated rings. The lowest BCUT2D eigenvalue weighted by atomic mass is 10.6. The van der Waals surface area contributed by atoms with Crippen molar-refractivity contribution in [3.8, 4) is 0 Å². The highest BCUT2D eigenvalue weighted by Crippen LogP contribution is 2.55. The molecule has 0 atom stereocenters. The van der Waals surface area contributed by atoms with E-state index in [0.717, 1.165) is 23.5 Å². The zero-order valence-electron chi connectivity index (χ0n) is 12.3. The van der Waals surface area contributed by atoms with Crippen LogP contribution in [-0.2, 0) is 17.8 Å². The van der Waals surface area contributed by atoms with Gasteiger partial charge < -0.3 is 17.8 Å². The molecule has 0 N–H and O–H groups in total. The van der Waals surface area contributed by atoms with Gasteiger partial charge in [-0.1, -0.05) is 23.5 Å². The summed E-state index contributed by atoms with van der Waals surface area (Å²) >= 11 is 1.66.